The van der Waals surface area contributed by atoms with Crippen molar-refractivity contribution in [2.75, 3.05) is 0 Å². The van der Waals surface area contributed by atoms with E-state index in [0.29, 0.717) is 11.5 Å². The van der Waals surface area contributed by atoms with E-state index in [0.717, 1.165) is 66.0 Å². The Labute approximate surface area is 362 Å². The van der Waals surface area contributed by atoms with Crippen LogP contribution in [0.3, 0.4) is 0 Å². The summed E-state index contributed by atoms with van der Waals surface area (Å²) in [5.74, 6) is 1.15. The number of ether oxygens (including phenoxy) is 1. The van der Waals surface area contributed by atoms with E-state index in [9.17, 15) is 0 Å². The van der Waals surface area contributed by atoms with Crippen molar-refractivity contribution < 1.29 is 25.8 Å². The molecule has 11 rings (SSSR count). The topological polar surface area (TPSA) is 56.7 Å². The van der Waals surface area contributed by atoms with Gasteiger partial charge >= 0.3 is 21.1 Å². The molecule has 11 aromatic rings. The Balaban J connectivity index is 0.00000433. The van der Waals surface area contributed by atoms with Crippen LogP contribution in [0.5, 0.6) is 11.5 Å². The average Bonchev–Trinajstić information content (AvgIpc) is 3.90. The summed E-state index contributed by atoms with van der Waals surface area (Å²) in [5.41, 5.74) is 17.9. The fraction of sp³-hybridized carbons (Fsp3) is 0.113. The van der Waals surface area contributed by atoms with Crippen molar-refractivity contribution in [3.8, 4) is 45.0 Å². The number of pyridine rings is 3. The van der Waals surface area contributed by atoms with Gasteiger partial charge < -0.3 is 13.5 Å². The monoisotopic (exact) mass is 956 g/mol. The summed E-state index contributed by atoms with van der Waals surface area (Å²) in [4.78, 5) is 14.8. The first kappa shape index (κ1) is 37.6. The molecule has 6 aromatic carbocycles. The van der Waals surface area contributed by atoms with E-state index >= 15 is 0 Å². The van der Waals surface area contributed by atoms with Crippen molar-refractivity contribution in [3.63, 3.8) is 0 Å². The fourth-order valence-electron chi connectivity index (χ4n) is 9.57. The number of aryl methyl sites for hydroxylation is 6. The van der Waals surface area contributed by atoms with Crippen LogP contribution in [0.4, 0.5) is 0 Å². The van der Waals surface area contributed by atoms with Gasteiger partial charge in [0.1, 0.15) is 5.65 Å². The Hall–Kier alpha value is -6.62. The average molecular weight is 957 g/mol. The van der Waals surface area contributed by atoms with Crippen molar-refractivity contribution in [2.24, 2.45) is 0 Å². The van der Waals surface area contributed by atoms with Crippen LogP contribution in [0.2, 0.25) is 0 Å². The Bertz CT molecular complexity index is 3500. The van der Waals surface area contributed by atoms with E-state index in [2.05, 4.69) is 154 Å². The molecule has 0 saturated heterocycles. The molecule has 0 atom stereocenters. The minimum Gasteiger partial charge on any atom is -0.497 e. The van der Waals surface area contributed by atoms with Crippen molar-refractivity contribution in [1.29, 1.82) is 0 Å². The quantitative estimate of drug-likeness (QED) is 0.127. The predicted molar refractivity (Wildman–Crippen MR) is 241 cm³/mol. The summed E-state index contributed by atoms with van der Waals surface area (Å²) in [5, 5.41) is 6.01. The largest absolute Gasteiger partial charge is 2.00 e. The number of benzene rings is 6. The summed E-state index contributed by atoms with van der Waals surface area (Å²) in [7, 11) is 0. The minimum absolute atomic E-state index is 0. The van der Waals surface area contributed by atoms with E-state index < -0.39 is 0 Å². The third kappa shape index (κ3) is 5.62. The van der Waals surface area contributed by atoms with E-state index in [4.69, 9.17) is 19.7 Å². The van der Waals surface area contributed by atoms with Gasteiger partial charge in [-0.15, -0.1) is 12.1 Å². The molecule has 5 aromatic heterocycles. The van der Waals surface area contributed by atoms with Crippen LogP contribution >= 0.6 is 0 Å². The van der Waals surface area contributed by atoms with E-state index in [1.165, 1.54) is 55.6 Å². The van der Waals surface area contributed by atoms with Gasteiger partial charge in [-0.25, -0.2) is 4.98 Å². The van der Waals surface area contributed by atoms with Gasteiger partial charge in [0.25, 0.3) is 0 Å². The van der Waals surface area contributed by atoms with Crippen molar-refractivity contribution in [3.05, 3.63) is 173 Å². The van der Waals surface area contributed by atoms with Gasteiger partial charge in [0.2, 0.25) is 0 Å². The Kier molecular flexibility index (Phi) is 8.96. The number of imidazole rings is 2. The number of hydrogen-bond donors (Lipinski definition) is 0. The third-order valence-corrected chi connectivity index (χ3v) is 12.1. The van der Waals surface area contributed by atoms with E-state index in [-0.39, 0.29) is 21.1 Å². The molecule has 0 unspecified atom stereocenters. The summed E-state index contributed by atoms with van der Waals surface area (Å²) in [6.07, 6.45) is 7.75. The zero-order valence-corrected chi connectivity index (χ0v) is 36.4. The van der Waals surface area contributed by atoms with Gasteiger partial charge in [-0.3, -0.25) is 9.97 Å². The first-order chi connectivity index (χ1) is 28.8. The molecule has 0 aliphatic carbocycles. The van der Waals surface area contributed by atoms with Gasteiger partial charge in [0.15, 0.2) is 0 Å². The Morgan fingerprint density at radius 1 is 0.483 bits per heavy atom. The molecule has 5 heterocycles. The van der Waals surface area contributed by atoms with Crippen LogP contribution in [0.25, 0.3) is 88.3 Å². The van der Waals surface area contributed by atoms with Crippen LogP contribution in [0, 0.1) is 53.7 Å². The second kappa shape index (κ2) is 14.3. The molecule has 292 valence electrons. The number of nitrogens with zero attached hydrogens (tertiary/aromatic N) is 5. The number of hydrogen-bond acceptors (Lipinski definition) is 4. The fourth-order valence-corrected chi connectivity index (χ4v) is 9.57. The maximum absolute atomic E-state index is 6.70. The molecule has 0 saturated carbocycles. The van der Waals surface area contributed by atoms with E-state index in [1.54, 1.807) is 0 Å². The Morgan fingerprint density at radius 3 is 1.68 bits per heavy atom. The number of rotatable bonds is 5. The molecule has 0 spiro atoms. The number of fused-ring (bicyclic) bond motifs is 12. The SMILES string of the molecule is Cc1cccc(C)c1-c1ccc(-c2c(C)cccc2C)c2c1c1ccc(Oc3[c-]c4c(cc3)c3cccnc3n3c(-c5c(C)cccc5C)cnc43)[c-]c1c1nccn12.[Pt+2]. The standard InChI is InChI=1S/C53H39N5O.Pt/c1-30-11-7-12-31(2)46(30)41-22-23-42(47-32(3)13-8-14-33(47)4)50-49(41)39-21-19-37(28-44(39)51-55-25-26-57(50)51)59-36-18-20-38-40-17-10-24-54-52(40)58-45(29-56-53(58)43(38)27-36)48-34(5)15-9-16-35(48)6;/h7-26,29H,1-6H3;/q-2;+2. The first-order valence-corrected chi connectivity index (χ1v) is 20.0. The van der Waals surface area contributed by atoms with Crippen LogP contribution in [-0.4, -0.2) is 23.8 Å². The van der Waals surface area contributed by atoms with Crippen molar-refractivity contribution in [1.82, 2.24) is 23.8 Å². The molecule has 7 heteroatoms. The molecule has 0 aliphatic heterocycles. The number of aromatic nitrogens is 5. The van der Waals surface area contributed by atoms with Crippen LogP contribution < -0.4 is 4.74 Å². The molecule has 0 radical (unpaired) electrons. The molecule has 60 heavy (non-hydrogen) atoms. The predicted octanol–water partition coefficient (Wildman–Crippen LogP) is 13.2. The summed E-state index contributed by atoms with van der Waals surface area (Å²) in [6.45, 7) is 13.1. The molecular weight excluding hydrogens is 918 g/mol. The van der Waals surface area contributed by atoms with Gasteiger partial charge in [-0.1, -0.05) is 119 Å². The first-order valence-electron chi connectivity index (χ1n) is 20.0. The third-order valence-electron chi connectivity index (χ3n) is 12.1. The molecule has 0 N–H and O–H groups in total. The summed E-state index contributed by atoms with van der Waals surface area (Å²) in [6, 6.07) is 43.7. The smallest absolute Gasteiger partial charge is 0.497 e. The van der Waals surface area contributed by atoms with Crippen LogP contribution in [-0.2, 0) is 21.1 Å². The second-order valence-electron chi connectivity index (χ2n) is 15.8. The van der Waals surface area contributed by atoms with Crippen LogP contribution in [0.1, 0.15) is 33.4 Å². The molecule has 0 fully saturated rings. The normalized spacial score (nSPS) is 11.7. The molecular formula is C53H39N5OPt. The summed E-state index contributed by atoms with van der Waals surface area (Å²) < 4.78 is 11.1. The second-order valence-corrected chi connectivity index (χ2v) is 15.8. The van der Waals surface area contributed by atoms with Gasteiger partial charge in [-0.05, 0) is 108 Å². The summed E-state index contributed by atoms with van der Waals surface area (Å²) >= 11 is 0. The Morgan fingerprint density at radius 2 is 1.03 bits per heavy atom. The molecule has 0 bridgehead atoms. The minimum atomic E-state index is 0. The molecule has 6 nitrogen and oxygen atoms in total. The molecule has 0 aliphatic rings. The molecule has 0 amide bonds. The van der Waals surface area contributed by atoms with Crippen molar-refractivity contribution >= 4 is 54.8 Å². The maximum atomic E-state index is 6.70. The van der Waals surface area contributed by atoms with E-state index in [1.807, 2.05) is 36.8 Å². The van der Waals surface area contributed by atoms with Crippen LogP contribution in [0.15, 0.2) is 128 Å². The van der Waals surface area contributed by atoms with Gasteiger partial charge in [0.05, 0.1) is 17.0 Å². The van der Waals surface area contributed by atoms with Gasteiger partial charge in [-0.2, -0.15) is 0 Å². The zero-order valence-electron chi connectivity index (χ0n) is 34.1. The maximum Gasteiger partial charge on any atom is 2.00 e. The van der Waals surface area contributed by atoms with Gasteiger partial charge in [0, 0.05) is 52.9 Å². The van der Waals surface area contributed by atoms with Crippen molar-refractivity contribution in [2.45, 2.75) is 41.5 Å². The zero-order chi connectivity index (χ0) is 40.1.